The lowest BCUT2D eigenvalue weighted by Gasteiger charge is -2.11. The molecule has 12 aromatic rings. The van der Waals surface area contributed by atoms with Gasteiger partial charge in [0.2, 0.25) is 0 Å². The van der Waals surface area contributed by atoms with Crippen molar-refractivity contribution in [1.82, 2.24) is 13.7 Å². The number of aromatic nitrogens is 3. The van der Waals surface area contributed by atoms with Crippen molar-refractivity contribution in [2.45, 2.75) is 0 Å². The van der Waals surface area contributed by atoms with Crippen LogP contribution in [0.25, 0.3) is 105 Å². The molecule has 0 amide bonds. The number of benzene rings is 9. The summed E-state index contributed by atoms with van der Waals surface area (Å²) in [7, 11) is 0. The number of nitrogens with zero attached hydrogens (tertiary/aromatic N) is 3. The molecular weight excluding hydrogens is 691 g/mol. The van der Waals surface area contributed by atoms with Crippen LogP contribution in [-0.2, 0) is 0 Å². The van der Waals surface area contributed by atoms with Gasteiger partial charge in [-0.1, -0.05) is 127 Å². The number of hydrogen-bond acceptors (Lipinski definition) is 0. The molecule has 3 nitrogen and oxygen atoms in total. The highest BCUT2D eigenvalue weighted by Crippen LogP contribution is 2.42. The summed E-state index contributed by atoms with van der Waals surface area (Å²) in [5, 5.41) is 7.52. The van der Waals surface area contributed by atoms with Gasteiger partial charge in [-0.2, -0.15) is 0 Å². The van der Waals surface area contributed by atoms with Crippen molar-refractivity contribution in [3.05, 3.63) is 212 Å². The zero-order chi connectivity index (χ0) is 37.5. The second kappa shape index (κ2) is 12.5. The Morgan fingerprint density at radius 1 is 0.228 bits per heavy atom. The molecule has 9 aromatic carbocycles. The van der Waals surface area contributed by atoms with Crippen LogP contribution in [0.15, 0.2) is 212 Å². The van der Waals surface area contributed by atoms with Crippen molar-refractivity contribution >= 4 is 65.4 Å². The van der Waals surface area contributed by atoms with E-state index in [1.54, 1.807) is 0 Å². The summed E-state index contributed by atoms with van der Waals surface area (Å²) in [4.78, 5) is 0. The molecular formula is C54H35N3. The van der Waals surface area contributed by atoms with Crippen molar-refractivity contribution in [3.8, 4) is 39.3 Å². The van der Waals surface area contributed by atoms with E-state index in [1.807, 2.05) is 0 Å². The lowest BCUT2D eigenvalue weighted by Crippen LogP contribution is -1.94. The molecule has 0 saturated heterocycles. The SMILES string of the molecule is c1ccc(-n2c3ccccc3c3cc(-c4cccc5c4c4cc(-c6cccc(-n7c8ccccc8c8ccccc87)c6)ccc4n5-c4ccccc4)ccc32)cc1. The Morgan fingerprint density at radius 2 is 0.649 bits per heavy atom. The van der Waals surface area contributed by atoms with Crippen molar-refractivity contribution in [2.24, 2.45) is 0 Å². The monoisotopic (exact) mass is 725 g/mol. The Morgan fingerprint density at radius 3 is 1.30 bits per heavy atom. The quantitative estimate of drug-likeness (QED) is 0.168. The van der Waals surface area contributed by atoms with Gasteiger partial charge in [0.1, 0.15) is 0 Å². The number of para-hydroxylation sites is 5. The smallest absolute Gasteiger partial charge is 0.0547 e. The zero-order valence-corrected chi connectivity index (χ0v) is 31.0. The summed E-state index contributed by atoms with van der Waals surface area (Å²) in [6, 6.07) is 77.4. The molecule has 0 aliphatic rings. The van der Waals surface area contributed by atoms with E-state index in [9.17, 15) is 0 Å². The zero-order valence-electron chi connectivity index (χ0n) is 31.0. The second-order valence-corrected chi connectivity index (χ2v) is 14.9. The lowest BCUT2D eigenvalue weighted by atomic mass is 9.96. The van der Waals surface area contributed by atoms with Gasteiger partial charge < -0.3 is 13.7 Å². The maximum atomic E-state index is 2.42. The van der Waals surface area contributed by atoms with E-state index in [0.29, 0.717) is 0 Å². The molecule has 0 fully saturated rings. The predicted octanol–water partition coefficient (Wildman–Crippen LogP) is 14.3. The fourth-order valence-corrected chi connectivity index (χ4v) is 9.37. The summed E-state index contributed by atoms with van der Waals surface area (Å²) in [5.41, 5.74) is 15.5. The van der Waals surface area contributed by atoms with Gasteiger partial charge >= 0.3 is 0 Å². The van der Waals surface area contributed by atoms with Crippen molar-refractivity contribution in [1.29, 1.82) is 0 Å². The maximum Gasteiger partial charge on any atom is 0.0547 e. The van der Waals surface area contributed by atoms with E-state index < -0.39 is 0 Å². The summed E-state index contributed by atoms with van der Waals surface area (Å²) in [5.74, 6) is 0. The summed E-state index contributed by atoms with van der Waals surface area (Å²) < 4.78 is 7.21. The van der Waals surface area contributed by atoms with Crippen LogP contribution in [0.5, 0.6) is 0 Å². The summed E-state index contributed by atoms with van der Waals surface area (Å²) in [6.45, 7) is 0. The number of fused-ring (bicyclic) bond motifs is 9. The Kier molecular flexibility index (Phi) is 6.93. The van der Waals surface area contributed by atoms with Gasteiger partial charge in [0.05, 0.1) is 33.1 Å². The lowest BCUT2D eigenvalue weighted by molar-refractivity contribution is 1.18. The Bertz CT molecular complexity index is 3460. The Balaban J connectivity index is 1.09. The third kappa shape index (κ3) is 4.79. The molecule has 3 heterocycles. The highest BCUT2D eigenvalue weighted by Gasteiger charge is 2.19. The molecule has 0 aliphatic carbocycles. The van der Waals surface area contributed by atoms with Crippen LogP contribution in [0.4, 0.5) is 0 Å². The van der Waals surface area contributed by atoms with Gasteiger partial charge in [0.25, 0.3) is 0 Å². The van der Waals surface area contributed by atoms with E-state index in [-0.39, 0.29) is 0 Å². The molecule has 57 heavy (non-hydrogen) atoms. The van der Waals surface area contributed by atoms with Gasteiger partial charge in [-0.15, -0.1) is 0 Å². The van der Waals surface area contributed by atoms with Crippen LogP contribution in [0, 0.1) is 0 Å². The molecule has 0 bridgehead atoms. The summed E-state index contributed by atoms with van der Waals surface area (Å²) >= 11 is 0. The third-order valence-electron chi connectivity index (χ3n) is 11.8. The minimum atomic E-state index is 1.15. The van der Waals surface area contributed by atoms with Crippen LogP contribution < -0.4 is 0 Å². The van der Waals surface area contributed by atoms with Crippen LogP contribution >= 0.6 is 0 Å². The van der Waals surface area contributed by atoms with Crippen molar-refractivity contribution < 1.29 is 0 Å². The molecule has 0 radical (unpaired) electrons. The molecule has 0 spiro atoms. The minimum Gasteiger partial charge on any atom is -0.309 e. The first kappa shape index (κ1) is 31.7. The third-order valence-corrected chi connectivity index (χ3v) is 11.8. The molecule has 0 saturated carbocycles. The topological polar surface area (TPSA) is 14.8 Å². The first-order valence-corrected chi connectivity index (χ1v) is 19.6. The Labute approximate surface area is 329 Å². The van der Waals surface area contributed by atoms with Crippen LogP contribution in [0.1, 0.15) is 0 Å². The van der Waals surface area contributed by atoms with Crippen LogP contribution in [0.3, 0.4) is 0 Å². The molecule has 0 N–H and O–H groups in total. The summed E-state index contributed by atoms with van der Waals surface area (Å²) in [6.07, 6.45) is 0. The molecule has 0 aliphatic heterocycles. The van der Waals surface area contributed by atoms with Crippen LogP contribution in [0.2, 0.25) is 0 Å². The Hall–Kier alpha value is -7.62. The number of hydrogen-bond donors (Lipinski definition) is 0. The van der Waals surface area contributed by atoms with Gasteiger partial charge in [-0.3, -0.25) is 0 Å². The molecule has 3 aromatic heterocycles. The fourth-order valence-electron chi connectivity index (χ4n) is 9.37. The molecule has 266 valence electrons. The van der Waals surface area contributed by atoms with Gasteiger partial charge in [-0.05, 0) is 107 Å². The number of rotatable bonds is 5. The molecule has 0 atom stereocenters. The van der Waals surface area contributed by atoms with Crippen LogP contribution in [-0.4, -0.2) is 13.7 Å². The normalized spacial score (nSPS) is 11.9. The minimum absolute atomic E-state index is 1.15. The first-order valence-electron chi connectivity index (χ1n) is 19.6. The van der Waals surface area contributed by atoms with E-state index in [2.05, 4.69) is 226 Å². The van der Waals surface area contributed by atoms with E-state index >= 15 is 0 Å². The first-order chi connectivity index (χ1) is 28.3. The maximum absolute atomic E-state index is 2.42. The molecule has 3 heteroatoms. The van der Waals surface area contributed by atoms with Crippen molar-refractivity contribution in [3.63, 3.8) is 0 Å². The average molecular weight is 726 g/mol. The van der Waals surface area contributed by atoms with E-state index in [4.69, 9.17) is 0 Å². The van der Waals surface area contributed by atoms with E-state index in [1.165, 1.54) is 93.4 Å². The average Bonchev–Trinajstić information content (AvgIpc) is 3.92. The van der Waals surface area contributed by atoms with Gasteiger partial charge in [-0.25, -0.2) is 0 Å². The largest absolute Gasteiger partial charge is 0.309 e. The van der Waals surface area contributed by atoms with Gasteiger partial charge in [0, 0.05) is 49.4 Å². The molecule has 0 unspecified atom stereocenters. The van der Waals surface area contributed by atoms with Crippen molar-refractivity contribution in [2.75, 3.05) is 0 Å². The van der Waals surface area contributed by atoms with E-state index in [0.717, 1.165) is 11.4 Å². The molecule has 12 rings (SSSR count). The highest BCUT2D eigenvalue weighted by molar-refractivity contribution is 6.18. The van der Waals surface area contributed by atoms with Gasteiger partial charge in [0.15, 0.2) is 0 Å². The predicted molar refractivity (Wildman–Crippen MR) is 240 cm³/mol. The standard InChI is InChI=1S/C54H35N3/c1-3-16-39(17-4-1)55-50-27-12-9-23-45(50)46-35-38(30-32-51(46)55)42-24-14-28-53-54(42)47-34-37(29-31-52(47)56(53)40-18-5-2-6-19-40)36-15-13-20-41(33-36)57-48-25-10-7-21-43(48)44-22-8-11-26-49(44)57/h1-35H. The second-order valence-electron chi connectivity index (χ2n) is 14.9. The fraction of sp³-hybridized carbons (Fsp3) is 0. The highest BCUT2D eigenvalue weighted by atomic mass is 15.0.